The van der Waals surface area contributed by atoms with Crippen LogP contribution in [0.2, 0.25) is 0 Å². The molecule has 0 radical (unpaired) electrons. The third-order valence-corrected chi connectivity index (χ3v) is 25.0. The number of nitrogens with two attached hydrogens (primary N) is 1. The summed E-state index contributed by atoms with van der Waals surface area (Å²) in [5.41, 5.74) is 15.3. The molecular formula is C109H129FI2N13O20P+2. The summed E-state index contributed by atoms with van der Waals surface area (Å²) < 4.78 is 81.6. The largest absolute Gasteiger partial charge is 0.496 e. The lowest BCUT2D eigenvalue weighted by molar-refractivity contribution is -0.368. The Morgan fingerprint density at radius 3 is 0.890 bits per heavy atom. The van der Waals surface area contributed by atoms with Crippen molar-refractivity contribution < 1.29 is 107 Å². The van der Waals surface area contributed by atoms with Crippen molar-refractivity contribution in [1.82, 2.24) is 16.0 Å². The van der Waals surface area contributed by atoms with Gasteiger partial charge in [-0.2, -0.15) is 15.8 Å². The standard InChI is InChI=1S/C42H46N3O11P.C18H24N2O4.C15H21IN2O3.C14H14N2O.C13H13N3O.C6H6IN.CH3F/c1-48-29-20-32(51-4)40(33(21-29)52-5)57(41-34(53-6)22-30(49-2)23-35(41)54-7,42-36(55-8)24-31(50-3)25-37(42)56-9)26-39(47)44-19-11-13-38(46)45-28-16-14-27(15-17-28)12-10-18-43;1-18(2,3)24-17(23)19-12-4-7-16(22)20-15-10-8-14(9-11-15)6-5-13-21;1-15(2,3)21-14(20)17-10-4-5-13(19)18-12-8-6-11(16)7-9-12;1-2-3-6-14(17)16-13-9-7-12(8-10-13)5-4-11-15;14-9-1-3-11-5-7-12(8-6-11)16-13(17)4-2-10-15;7-5-1-3-6(8)4-2-5;1-2/h14-17,20-25H,11,13,19,26H2,1-9H3,(H-,44,45,46,47);8-11,21H,4,7,12-13H2,1-3H3,(H,19,23)(H,20,22);6-9H,4-5,10H2,1-3H3,(H,17,20)(H,18,19);7-10H,2-3,6H2,1H3,(H,16,17);5-8H,2,4,10,15H2,(H,16,17);1-4H,8H2;1H3/p+2/i;;;;;;1D. The van der Waals surface area contributed by atoms with Gasteiger partial charge in [0.25, 0.3) is 5.91 Å². The molecule has 37 heteroatoms. The lowest BCUT2D eigenvalue weighted by Crippen LogP contribution is -2.50. The fourth-order valence-corrected chi connectivity index (χ4v) is 18.2. The molecule has 0 bridgehead atoms. The SMILES string of the molecule is CC(C)(C)OC(=O)NCCCC(=O)Nc1ccc(C#CCO)cc1.CC(C)(C)OC(=O)NCCCC(=O)Nc1ccc(I)cc1.CCCCC(=O)Nc1ccc(C#CC#N)cc1.COc1cc(OC)c([P+](CC(=O)NCCCC(=O)Nc2ccc(C#CC#N)cc2)(c2c(OC)cc(OC)cc2OC)c2c(OC)cc(OC)cc2OC)c(OC)c1.N#CC#Cc1ccc(NC(=O)CCC[NH3+])cc1.Nc1ccc(I)cc1.[2H]CF. The molecule has 14 N–H and O–H groups in total. The molecule has 0 atom stereocenters. The number of alkyl carbamates (subject to hydrolysis) is 2. The van der Waals surface area contributed by atoms with Crippen LogP contribution >= 0.6 is 52.4 Å². The molecule has 0 fully saturated rings. The van der Waals surface area contributed by atoms with Crippen molar-refractivity contribution in [3.63, 3.8) is 0 Å². The number of hydrogen-bond acceptors (Lipinski definition) is 24. The van der Waals surface area contributed by atoms with E-state index in [-0.39, 0.29) is 61.2 Å². The highest BCUT2D eigenvalue weighted by molar-refractivity contribution is 14.1. The van der Waals surface area contributed by atoms with Crippen molar-refractivity contribution in [2.45, 2.75) is 130 Å². The van der Waals surface area contributed by atoms with Gasteiger partial charge in [0.05, 0.1) is 79.1 Å². The molecule has 9 aromatic carbocycles. The zero-order valence-electron chi connectivity index (χ0n) is 86.0. The number of benzene rings is 9. The third kappa shape index (κ3) is 48.2. The number of hydrogen-bond donors (Lipinski definition) is 11. The molecule has 0 saturated heterocycles. The number of aliphatic hydroxyl groups excluding tert-OH is 1. The van der Waals surface area contributed by atoms with Crippen LogP contribution in [0.15, 0.2) is 182 Å². The van der Waals surface area contributed by atoms with Crippen LogP contribution in [0.25, 0.3) is 0 Å². The number of methoxy groups -OCH3 is 9. The fourth-order valence-electron chi connectivity index (χ4n) is 12.6. The van der Waals surface area contributed by atoms with Crippen molar-refractivity contribution >= 4 is 150 Å². The molecule has 0 unspecified atom stereocenters. The summed E-state index contributed by atoms with van der Waals surface area (Å²) in [5, 5.41) is 57.7. The van der Waals surface area contributed by atoms with Gasteiger partial charge in [-0.3, -0.25) is 33.2 Å². The monoisotopic (exact) mass is 2240 g/mol. The maximum absolute atomic E-state index is 14.7. The number of carbonyl (C=O) groups is 8. The van der Waals surface area contributed by atoms with Crippen LogP contribution < -0.4 is 113 Å². The molecule has 146 heavy (non-hydrogen) atoms. The van der Waals surface area contributed by atoms with Crippen LogP contribution in [0, 0.1) is 88.5 Å². The Bertz CT molecular complexity index is 5770. The first kappa shape index (κ1) is 123. The molecule has 0 spiro atoms. The summed E-state index contributed by atoms with van der Waals surface area (Å²) in [5.74, 6) is 23.0. The second-order valence-corrected chi connectivity index (χ2v) is 38.1. The Morgan fingerprint density at radius 1 is 0.397 bits per heavy atom. The number of halogens is 3. The molecule has 774 valence electrons. The quantitative estimate of drug-likeness (QED) is 0.00566. The van der Waals surface area contributed by atoms with Crippen LogP contribution in [0.3, 0.4) is 0 Å². The maximum atomic E-state index is 14.7. The number of amides is 8. The van der Waals surface area contributed by atoms with E-state index in [0.29, 0.717) is 143 Å². The minimum absolute atomic E-state index is 0.00971. The molecule has 33 nitrogen and oxygen atoms in total. The topological polar surface area (TPSA) is 480 Å². The van der Waals surface area contributed by atoms with Gasteiger partial charge in [0, 0.05) is 176 Å². The summed E-state index contributed by atoms with van der Waals surface area (Å²) in [6, 6.07) is 58.9. The van der Waals surface area contributed by atoms with Crippen molar-refractivity contribution in [2.75, 3.05) is 142 Å². The van der Waals surface area contributed by atoms with Gasteiger partial charge < -0.3 is 111 Å². The number of rotatable bonds is 37. The number of ether oxygens (including phenoxy) is 11. The van der Waals surface area contributed by atoms with Crippen LogP contribution in [0.5, 0.6) is 51.7 Å². The minimum atomic E-state index is -3.59. The Morgan fingerprint density at radius 2 is 0.651 bits per heavy atom. The van der Waals surface area contributed by atoms with Crippen molar-refractivity contribution in [3.05, 3.63) is 211 Å². The Balaban J connectivity index is 0.000000507. The molecule has 0 aromatic heterocycles. The van der Waals surface area contributed by atoms with Gasteiger partial charge in [-0.05, 0) is 258 Å². The lowest BCUT2D eigenvalue weighted by atomic mass is 10.2. The summed E-state index contributed by atoms with van der Waals surface area (Å²) in [4.78, 5) is 96.8. The van der Waals surface area contributed by atoms with Crippen molar-refractivity contribution in [2.24, 2.45) is 0 Å². The number of nitrogens with zero attached hydrogens (tertiary/aromatic N) is 3. The van der Waals surface area contributed by atoms with Crippen molar-refractivity contribution in [1.29, 1.82) is 15.8 Å². The van der Waals surface area contributed by atoms with Gasteiger partial charge in [-0.1, -0.05) is 42.9 Å². The van der Waals surface area contributed by atoms with Crippen LogP contribution in [0.4, 0.5) is 48.1 Å². The number of anilines is 6. The molecule has 0 heterocycles. The highest BCUT2D eigenvalue weighted by Gasteiger charge is 2.59. The minimum Gasteiger partial charge on any atom is -0.496 e. The van der Waals surface area contributed by atoms with Gasteiger partial charge in [0.2, 0.25) is 29.5 Å². The number of quaternary nitrogens is 1. The average molecular weight is 2250 g/mol. The van der Waals surface area contributed by atoms with Crippen LogP contribution in [-0.4, -0.2) is 174 Å². The molecule has 8 amide bonds. The summed E-state index contributed by atoms with van der Waals surface area (Å²) >= 11 is 4.45. The first-order valence-electron chi connectivity index (χ1n) is 46.2. The Hall–Kier alpha value is -15.2. The van der Waals surface area contributed by atoms with E-state index in [0.717, 1.165) is 68.8 Å². The molecule has 9 aromatic rings. The second-order valence-electron chi connectivity index (χ2n) is 32.3. The second kappa shape index (κ2) is 69.7. The van der Waals surface area contributed by atoms with E-state index < -0.39 is 37.8 Å². The van der Waals surface area contributed by atoms with Gasteiger partial charge in [-0.15, -0.1) is 0 Å². The molecule has 0 aliphatic carbocycles. The lowest BCUT2D eigenvalue weighted by Gasteiger charge is -2.33. The number of alkyl halides is 1. The number of carbonyl (C=O) groups excluding carboxylic acids is 8. The molecular weight excluding hydrogens is 2120 g/mol. The van der Waals surface area contributed by atoms with Gasteiger partial charge in [-0.25, -0.2) is 9.59 Å². The Kier molecular flexibility index (Phi) is 58.7. The Labute approximate surface area is 884 Å². The zero-order chi connectivity index (χ0) is 109. The van der Waals surface area contributed by atoms with Gasteiger partial charge in [0.1, 0.15) is 42.3 Å². The number of aliphatic hydroxyl groups is 1. The zero-order valence-corrected chi connectivity index (χ0v) is 90.2. The van der Waals surface area contributed by atoms with E-state index in [4.69, 9.17) is 80.1 Å². The smallest absolute Gasteiger partial charge is 0.407 e. The van der Waals surface area contributed by atoms with E-state index in [1.807, 2.05) is 48.5 Å². The highest BCUT2D eigenvalue weighted by Crippen LogP contribution is 2.66. The number of nitrogens with one attached hydrogen (secondary N) is 8. The molecule has 0 aliphatic rings. The van der Waals surface area contributed by atoms with E-state index in [1.165, 1.54) is 67.6 Å². The van der Waals surface area contributed by atoms with Crippen LogP contribution in [0.1, 0.15) is 143 Å². The first-order valence-corrected chi connectivity index (χ1v) is 49.6. The third-order valence-electron chi connectivity index (χ3n) is 19.2. The molecule has 0 saturated carbocycles. The summed E-state index contributed by atoms with van der Waals surface area (Å²) in [6.45, 7) is 14.4. The fraction of sp³-hybridized carbons (Fsp3) is 0.330. The predicted molar refractivity (Wildman–Crippen MR) is 585 cm³/mol. The predicted octanol–water partition coefficient (Wildman–Crippen LogP) is 15.9. The summed E-state index contributed by atoms with van der Waals surface area (Å²) in [6.07, 6.45) is 4.76. The summed E-state index contributed by atoms with van der Waals surface area (Å²) in [7, 11) is 9.08. The van der Waals surface area contributed by atoms with Gasteiger partial charge >= 0.3 is 12.2 Å². The van der Waals surface area contributed by atoms with E-state index in [9.17, 15) is 42.7 Å². The molecule has 9 rings (SSSR count). The van der Waals surface area contributed by atoms with E-state index in [1.54, 1.807) is 193 Å². The number of nitrogen functional groups attached to an aromatic ring is 1. The number of unbranched alkanes of at least 4 members (excludes halogenated alkanes) is 1. The highest BCUT2D eigenvalue weighted by atomic mass is 127. The maximum Gasteiger partial charge on any atom is 0.407 e. The van der Waals surface area contributed by atoms with Gasteiger partial charge in [0.15, 0.2) is 74.8 Å². The normalized spacial score (nSPS) is 10.0. The number of nitriles is 3. The van der Waals surface area contributed by atoms with Crippen molar-refractivity contribution in [3.8, 4) is 117 Å². The molecule has 0 aliphatic heterocycles. The first-order chi connectivity index (χ1) is 70.4. The van der Waals surface area contributed by atoms with Crippen LogP contribution in [-0.2, 0) is 38.2 Å². The van der Waals surface area contributed by atoms with E-state index >= 15 is 0 Å². The van der Waals surface area contributed by atoms with E-state index in [2.05, 4.69) is 148 Å². The average Bonchev–Trinajstić information content (AvgIpc) is 0.704.